The van der Waals surface area contributed by atoms with Crippen molar-refractivity contribution in [3.05, 3.63) is 28.5 Å². The third kappa shape index (κ3) is 5.25. The molecule has 0 atom stereocenters. The quantitative estimate of drug-likeness (QED) is 0.745. The highest BCUT2D eigenvalue weighted by Gasteiger charge is 1.98. The van der Waals surface area contributed by atoms with Gasteiger partial charge in [0.05, 0.1) is 5.69 Å². The normalized spacial score (nSPS) is 10.5. The predicted molar refractivity (Wildman–Crippen MR) is 66.8 cm³/mol. The largest absolute Gasteiger partial charge is 0.315 e. The summed E-state index contributed by atoms with van der Waals surface area (Å²) in [7, 11) is 0. The predicted octanol–water partition coefficient (Wildman–Crippen LogP) is 1.93. The molecule has 3 nitrogen and oxygen atoms in total. The molecule has 1 heterocycles. The van der Waals surface area contributed by atoms with E-state index < -0.39 is 0 Å². The molecule has 0 radical (unpaired) electrons. The molecule has 0 spiro atoms. The van der Waals surface area contributed by atoms with E-state index in [2.05, 4.69) is 38.5 Å². The van der Waals surface area contributed by atoms with Crippen molar-refractivity contribution in [1.82, 2.24) is 15.6 Å². The minimum Gasteiger partial charge on any atom is -0.315 e. The fourth-order valence-electron chi connectivity index (χ4n) is 1.23. The lowest BCUT2D eigenvalue weighted by Crippen LogP contribution is -2.27. The number of halogens is 1. The molecule has 0 aliphatic carbocycles. The van der Waals surface area contributed by atoms with Gasteiger partial charge in [-0.05, 0) is 41.0 Å². The zero-order chi connectivity index (χ0) is 10.9. The molecule has 0 amide bonds. The maximum atomic E-state index is 4.28. The molecular weight excluding hydrogens is 254 g/mol. The van der Waals surface area contributed by atoms with Crippen LogP contribution >= 0.6 is 15.9 Å². The van der Waals surface area contributed by atoms with Gasteiger partial charge in [0.2, 0.25) is 0 Å². The minimum atomic E-state index is 0.815. The number of nitrogens with zero attached hydrogens (tertiary/aromatic N) is 1. The molecule has 1 rings (SSSR count). The van der Waals surface area contributed by atoms with Crippen LogP contribution in [-0.2, 0) is 6.54 Å². The van der Waals surface area contributed by atoms with Crippen LogP contribution in [-0.4, -0.2) is 24.6 Å². The highest BCUT2D eigenvalue weighted by atomic mass is 79.9. The lowest BCUT2D eigenvalue weighted by molar-refractivity contribution is 0.601. The van der Waals surface area contributed by atoms with E-state index >= 15 is 0 Å². The maximum absolute atomic E-state index is 4.28. The van der Waals surface area contributed by atoms with Crippen LogP contribution in [0.1, 0.15) is 19.0 Å². The van der Waals surface area contributed by atoms with Gasteiger partial charge >= 0.3 is 0 Å². The Morgan fingerprint density at radius 1 is 1.27 bits per heavy atom. The molecule has 2 N–H and O–H groups in total. The highest BCUT2D eigenvalue weighted by Crippen LogP contribution is 2.12. The van der Waals surface area contributed by atoms with Crippen molar-refractivity contribution in [2.75, 3.05) is 19.6 Å². The molecule has 0 aliphatic rings. The van der Waals surface area contributed by atoms with Gasteiger partial charge in [0.25, 0.3) is 0 Å². The van der Waals surface area contributed by atoms with Gasteiger partial charge in [0.1, 0.15) is 0 Å². The molecule has 4 heteroatoms. The number of nitrogens with one attached hydrogen (secondary N) is 2. The van der Waals surface area contributed by atoms with E-state index in [1.165, 1.54) is 6.42 Å². The van der Waals surface area contributed by atoms with Gasteiger partial charge in [-0.15, -0.1) is 0 Å². The van der Waals surface area contributed by atoms with Gasteiger partial charge in [-0.1, -0.05) is 6.92 Å². The average molecular weight is 272 g/mol. The Morgan fingerprint density at radius 2 is 2.07 bits per heavy atom. The molecule has 0 fully saturated rings. The first-order valence-corrected chi connectivity index (χ1v) is 6.14. The Balaban J connectivity index is 2.12. The summed E-state index contributed by atoms with van der Waals surface area (Å²) in [5.74, 6) is 0. The maximum Gasteiger partial charge on any atom is 0.0683 e. The number of aromatic nitrogens is 1. The van der Waals surface area contributed by atoms with Crippen LogP contribution in [0.3, 0.4) is 0 Å². The molecule has 15 heavy (non-hydrogen) atoms. The van der Waals surface area contributed by atoms with Gasteiger partial charge in [0, 0.05) is 30.3 Å². The van der Waals surface area contributed by atoms with Crippen LogP contribution in [0.5, 0.6) is 0 Å². The Labute approximate surface area is 99.8 Å². The minimum absolute atomic E-state index is 0.815. The number of hydrogen-bond donors (Lipinski definition) is 2. The summed E-state index contributed by atoms with van der Waals surface area (Å²) in [4.78, 5) is 4.28. The van der Waals surface area contributed by atoms with E-state index in [0.29, 0.717) is 0 Å². The van der Waals surface area contributed by atoms with E-state index in [0.717, 1.165) is 36.3 Å². The van der Waals surface area contributed by atoms with Crippen LogP contribution < -0.4 is 10.6 Å². The Morgan fingerprint density at radius 3 is 2.80 bits per heavy atom. The summed E-state index contributed by atoms with van der Waals surface area (Å²) >= 11 is 3.47. The molecule has 0 bridgehead atoms. The van der Waals surface area contributed by atoms with E-state index in [-0.39, 0.29) is 0 Å². The highest BCUT2D eigenvalue weighted by molar-refractivity contribution is 9.10. The third-order valence-electron chi connectivity index (χ3n) is 2.03. The second-order valence-electron chi connectivity index (χ2n) is 3.36. The van der Waals surface area contributed by atoms with Crippen molar-refractivity contribution in [2.24, 2.45) is 0 Å². The summed E-state index contributed by atoms with van der Waals surface area (Å²) < 4.78 is 1.07. The molecule has 0 saturated carbocycles. The van der Waals surface area contributed by atoms with E-state index in [1.54, 1.807) is 0 Å². The lowest BCUT2D eigenvalue weighted by atomic mass is 10.3. The molecule has 1 aromatic heterocycles. The fourth-order valence-corrected chi connectivity index (χ4v) is 1.63. The van der Waals surface area contributed by atoms with Crippen molar-refractivity contribution in [1.29, 1.82) is 0 Å². The van der Waals surface area contributed by atoms with E-state index in [4.69, 9.17) is 0 Å². The molecule has 1 aromatic rings. The SMILES string of the molecule is CCCNCCNCc1ncccc1Br. The summed E-state index contributed by atoms with van der Waals surface area (Å²) in [6, 6.07) is 3.94. The molecular formula is C11H18BrN3. The van der Waals surface area contributed by atoms with E-state index in [9.17, 15) is 0 Å². The number of pyridine rings is 1. The standard InChI is InChI=1S/C11H18BrN3/c1-2-5-13-7-8-14-9-11-10(12)4-3-6-15-11/h3-4,6,13-14H,2,5,7-9H2,1H3. The van der Waals surface area contributed by atoms with Crippen molar-refractivity contribution < 1.29 is 0 Å². The topological polar surface area (TPSA) is 37.0 Å². The molecule has 0 aromatic carbocycles. The molecule has 0 unspecified atom stereocenters. The fraction of sp³-hybridized carbons (Fsp3) is 0.545. The Kier molecular flexibility index (Phi) is 6.55. The average Bonchev–Trinajstić information content (AvgIpc) is 2.25. The Hall–Kier alpha value is -0.450. The first kappa shape index (κ1) is 12.6. The van der Waals surface area contributed by atoms with Crippen molar-refractivity contribution in [3.8, 4) is 0 Å². The second-order valence-corrected chi connectivity index (χ2v) is 4.21. The van der Waals surface area contributed by atoms with Gasteiger partial charge in [-0.25, -0.2) is 0 Å². The van der Waals surface area contributed by atoms with Crippen molar-refractivity contribution in [3.63, 3.8) is 0 Å². The summed E-state index contributed by atoms with van der Waals surface area (Å²) in [6.45, 7) is 6.07. The van der Waals surface area contributed by atoms with Crippen LogP contribution in [0.2, 0.25) is 0 Å². The third-order valence-corrected chi connectivity index (χ3v) is 2.75. The lowest BCUT2D eigenvalue weighted by Gasteiger charge is -2.06. The van der Waals surface area contributed by atoms with Gasteiger partial charge in [-0.3, -0.25) is 4.98 Å². The summed E-state index contributed by atoms with van der Waals surface area (Å²) in [6.07, 6.45) is 3.00. The van der Waals surface area contributed by atoms with Gasteiger partial charge < -0.3 is 10.6 Å². The van der Waals surface area contributed by atoms with Crippen LogP contribution in [0, 0.1) is 0 Å². The molecule has 0 aliphatic heterocycles. The molecule has 84 valence electrons. The zero-order valence-corrected chi connectivity index (χ0v) is 10.7. The summed E-state index contributed by atoms with van der Waals surface area (Å²) in [5.41, 5.74) is 1.06. The number of rotatable bonds is 7. The van der Waals surface area contributed by atoms with Crippen LogP contribution in [0.25, 0.3) is 0 Å². The summed E-state index contributed by atoms with van der Waals surface area (Å²) in [5, 5.41) is 6.69. The zero-order valence-electron chi connectivity index (χ0n) is 9.09. The Bertz CT molecular complexity index is 278. The number of hydrogen-bond acceptors (Lipinski definition) is 3. The van der Waals surface area contributed by atoms with Crippen molar-refractivity contribution >= 4 is 15.9 Å². The van der Waals surface area contributed by atoms with E-state index in [1.807, 2.05) is 18.3 Å². The van der Waals surface area contributed by atoms with Crippen LogP contribution in [0.15, 0.2) is 22.8 Å². The molecule has 0 saturated heterocycles. The van der Waals surface area contributed by atoms with Crippen LogP contribution in [0.4, 0.5) is 0 Å². The monoisotopic (exact) mass is 271 g/mol. The first-order chi connectivity index (χ1) is 7.34. The smallest absolute Gasteiger partial charge is 0.0683 e. The second kappa shape index (κ2) is 7.79. The van der Waals surface area contributed by atoms with Crippen molar-refractivity contribution in [2.45, 2.75) is 19.9 Å². The van der Waals surface area contributed by atoms with Gasteiger partial charge in [0.15, 0.2) is 0 Å². The first-order valence-electron chi connectivity index (χ1n) is 5.35. The van der Waals surface area contributed by atoms with Gasteiger partial charge in [-0.2, -0.15) is 0 Å².